The maximum Gasteiger partial charge on any atom is 0.278 e. The molecule has 1 atom stereocenters. The van der Waals surface area contributed by atoms with Gasteiger partial charge in [-0.3, -0.25) is 0 Å². The van der Waals surface area contributed by atoms with Crippen LogP contribution in [0.3, 0.4) is 0 Å². The van der Waals surface area contributed by atoms with Gasteiger partial charge in [0.15, 0.2) is 0 Å². The molecule has 0 saturated carbocycles. The number of piperidine rings is 1. The number of hydrogen-bond donors (Lipinski definition) is 1. The van der Waals surface area contributed by atoms with Gasteiger partial charge in [0.2, 0.25) is 0 Å². The first-order chi connectivity index (χ1) is 8.54. The molecule has 0 aliphatic carbocycles. The Hall–Kier alpha value is -1.05. The Morgan fingerprint density at radius 1 is 1.50 bits per heavy atom. The number of rotatable bonds is 3. The molecule has 0 radical (unpaired) electrons. The molecule has 1 aromatic heterocycles. The summed E-state index contributed by atoms with van der Waals surface area (Å²) in [5, 5.41) is 3.02. The summed E-state index contributed by atoms with van der Waals surface area (Å²) >= 11 is 0. The highest BCUT2D eigenvalue weighted by Gasteiger charge is 2.31. The third kappa shape index (κ3) is 2.68. The Morgan fingerprint density at radius 2 is 2.28 bits per heavy atom. The summed E-state index contributed by atoms with van der Waals surface area (Å²) in [5.41, 5.74) is 0.658. The molecule has 0 aromatic carbocycles. The van der Waals surface area contributed by atoms with Gasteiger partial charge in [0, 0.05) is 31.0 Å². The number of likely N-dealkylation sites (N-methyl/N-ethyl adjacent to an activating group) is 1. The summed E-state index contributed by atoms with van der Waals surface area (Å²) in [6, 6.07) is 1.89. The number of nitrogens with one attached hydrogen (secondary N) is 1. The zero-order valence-corrected chi connectivity index (χ0v) is 11.4. The molecule has 2 heterocycles. The van der Waals surface area contributed by atoms with Crippen LogP contribution in [0.1, 0.15) is 18.5 Å². The number of hydrogen-bond acceptors (Lipinski definition) is 5. The molecular weight excluding hydrogens is 252 g/mol. The van der Waals surface area contributed by atoms with E-state index in [9.17, 15) is 8.42 Å². The highest BCUT2D eigenvalue weighted by molar-refractivity contribution is 7.88. The van der Waals surface area contributed by atoms with Crippen molar-refractivity contribution >= 4 is 10.0 Å². The van der Waals surface area contributed by atoms with Crippen LogP contribution >= 0.6 is 0 Å². The van der Waals surface area contributed by atoms with Crippen molar-refractivity contribution in [3.8, 4) is 0 Å². The minimum Gasteiger partial charge on any atom is -0.316 e. The van der Waals surface area contributed by atoms with Crippen LogP contribution in [-0.2, 0) is 10.0 Å². The van der Waals surface area contributed by atoms with Gasteiger partial charge in [0.1, 0.15) is 0 Å². The van der Waals surface area contributed by atoms with Crippen molar-refractivity contribution in [1.29, 1.82) is 0 Å². The van der Waals surface area contributed by atoms with Gasteiger partial charge in [0.05, 0.1) is 0 Å². The molecule has 1 fully saturated rings. The lowest BCUT2D eigenvalue weighted by Gasteiger charge is -2.30. The van der Waals surface area contributed by atoms with Gasteiger partial charge in [-0.15, -0.1) is 0 Å². The minimum atomic E-state index is -3.56. The van der Waals surface area contributed by atoms with Gasteiger partial charge in [-0.2, -0.15) is 4.31 Å². The van der Waals surface area contributed by atoms with Crippen LogP contribution in [0.4, 0.5) is 0 Å². The van der Waals surface area contributed by atoms with E-state index >= 15 is 0 Å². The van der Waals surface area contributed by atoms with Gasteiger partial charge < -0.3 is 5.32 Å². The number of sulfonamides is 1. The van der Waals surface area contributed by atoms with E-state index < -0.39 is 10.0 Å². The van der Waals surface area contributed by atoms with Crippen molar-refractivity contribution < 1.29 is 8.42 Å². The fourth-order valence-corrected chi connectivity index (χ4v) is 3.49. The molecular formula is C11H18N4O2S. The van der Waals surface area contributed by atoms with Crippen LogP contribution in [0.25, 0.3) is 0 Å². The fraction of sp³-hybridized carbons (Fsp3) is 0.636. The van der Waals surface area contributed by atoms with E-state index in [2.05, 4.69) is 15.3 Å². The van der Waals surface area contributed by atoms with Crippen molar-refractivity contribution in [1.82, 2.24) is 19.6 Å². The third-order valence-electron chi connectivity index (χ3n) is 3.14. The van der Waals surface area contributed by atoms with Crippen LogP contribution in [0.15, 0.2) is 17.4 Å². The monoisotopic (exact) mass is 270 g/mol. The Bertz CT molecular complexity index is 518. The van der Waals surface area contributed by atoms with E-state index in [0.29, 0.717) is 18.8 Å². The first-order valence-corrected chi connectivity index (χ1v) is 7.45. The SMILES string of the molecule is CNC1CCCN(S(=O)(=O)c2nccc(C)n2)C1. The zero-order valence-electron chi connectivity index (χ0n) is 10.6. The predicted molar refractivity (Wildman–Crippen MR) is 67.6 cm³/mol. The highest BCUT2D eigenvalue weighted by atomic mass is 32.2. The van der Waals surface area contributed by atoms with E-state index in [4.69, 9.17) is 0 Å². The Kier molecular flexibility index (Phi) is 3.94. The van der Waals surface area contributed by atoms with Gasteiger partial charge in [0.25, 0.3) is 15.2 Å². The lowest BCUT2D eigenvalue weighted by Crippen LogP contribution is -2.47. The number of nitrogens with zero attached hydrogens (tertiary/aromatic N) is 3. The van der Waals surface area contributed by atoms with Gasteiger partial charge in [-0.25, -0.2) is 18.4 Å². The highest BCUT2D eigenvalue weighted by Crippen LogP contribution is 2.18. The largest absolute Gasteiger partial charge is 0.316 e. The second kappa shape index (κ2) is 5.29. The minimum absolute atomic E-state index is 0.0979. The van der Waals surface area contributed by atoms with Crippen molar-refractivity contribution in [2.75, 3.05) is 20.1 Å². The average Bonchev–Trinajstić information content (AvgIpc) is 2.39. The van der Waals surface area contributed by atoms with Crippen molar-refractivity contribution in [3.63, 3.8) is 0 Å². The molecule has 1 N–H and O–H groups in total. The topological polar surface area (TPSA) is 75.2 Å². The second-order valence-corrected chi connectivity index (χ2v) is 6.30. The summed E-state index contributed by atoms with van der Waals surface area (Å²) in [7, 11) is -1.71. The van der Waals surface area contributed by atoms with E-state index in [1.807, 2.05) is 7.05 Å². The average molecular weight is 270 g/mol. The number of aromatic nitrogens is 2. The van der Waals surface area contributed by atoms with E-state index in [1.54, 1.807) is 13.0 Å². The number of aryl methyl sites for hydroxylation is 1. The van der Waals surface area contributed by atoms with Crippen molar-refractivity contribution in [2.45, 2.75) is 31.0 Å². The molecule has 6 nitrogen and oxygen atoms in total. The van der Waals surface area contributed by atoms with Crippen LogP contribution in [-0.4, -0.2) is 48.9 Å². The molecule has 1 aromatic rings. The maximum absolute atomic E-state index is 12.4. The third-order valence-corrected chi connectivity index (χ3v) is 4.81. The molecule has 1 saturated heterocycles. The van der Waals surface area contributed by atoms with Crippen molar-refractivity contribution in [2.24, 2.45) is 0 Å². The molecule has 1 aliphatic rings. The zero-order chi connectivity index (χ0) is 13.2. The van der Waals surface area contributed by atoms with E-state index in [0.717, 1.165) is 12.8 Å². The Balaban J connectivity index is 2.25. The summed E-state index contributed by atoms with van der Waals surface area (Å²) in [4.78, 5) is 7.89. The first-order valence-electron chi connectivity index (χ1n) is 6.01. The van der Waals surface area contributed by atoms with Crippen molar-refractivity contribution in [3.05, 3.63) is 18.0 Å². The summed E-state index contributed by atoms with van der Waals surface area (Å²) < 4.78 is 26.2. The predicted octanol–water partition coefficient (Wildman–Crippen LogP) is 0.158. The molecule has 18 heavy (non-hydrogen) atoms. The summed E-state index contributed by atoms with van der Waals surface area (Å²) in [5.74, 6) is 0. The lowest BCUT2D eigenvalue weighted by molar-refractivity contribution is 0.291. The molecule has 2 rings (SSSR count). The van der Waals surface area contributed by atoms with Crippen LogP contribution < -0.4 is 5.32 Å². The normalized spacial score (nSPS) is 22.0. The molecule has 1 aliphatic heterocycles. The lowest BCUT2D eigenvalue weighted by atomic mass is 10.1. The van der Waals surface area contributed by atoms with Crippen LogP contribution in [0, 0.1) is 6.92 Å². The smallest absolute Gasteiger partial charge is 0.278 e. The van der Waals surface area contributed by atoms with Gasteiger partial charge in [-0.05, 0) is 32.9 Å². The second-order valence-electron chi connectivity index (χ2n) is 4.47. The van der Waals surface area contributed by atoms with E-state index in [1.165, 1.54) is 10.5 Å². The molecule has 100 valence electrons. The summed E-state index contributed by atoms with van der Waals surface area (Å²) in [6.07, 6.45) is 3.34. The quantitative estimate of drug-likeness (QED) is 0.792. The molecule has 0 spiro atoms. The standard InChI is InChI=1S/C11H18N4O2S/c1-9-5-6-13-11(14-9)18(16,17)15-7-3-4-10(8-15)12-2/h5-6,10,12H,3-4,7-8H2,1-2H3. The van der Waals surface area contributed by atoms with Gasteiger partial charge >= 0.3 is 0 Å². The Morgan fingerprint density at radius 3 is 2.94 bits per heavy atom. The molecule has 1 unspecified atom stereocenters. The van der Waals surface area contributed by atoms with Crippen LogP contribution in [0.5, 0.6) is 0 Å². The molecule has 0 bridgehead atoms. The molecule has 0 amide bonds. The maximum atomic E-state index is 12.4. The first kappa shape index (κ1) is 13.4. The van der Waals surface area contributed by atoms with E-state index in [-0.39, 0.29) is 11.2 Å². The van der Waals surface area contributed by atoms with Gasteiger partial charge in [-0.1, -0.05) is 0 Å². The van der Waals surface area contributed by atoms with Crippen LogP contribution in [0.2, 0.25) is 0 Å². The molecule has 7 heteroatoms. The Labute approximate surface area is 107 Å². The fourth-order valence-electron chi connectivity index (χ4n) is 2.06. The summed E-state index contributed by atoms with van der Waals surface area (Å²) in [6.45, 7) is 2.78.